The second-order valence-corrected chi connectivity index (χ2v) is 32.5. The SMILES string of the molecule is CCN(CC)CCC(=O)O[C@H]1C[C@H]2OC[C@@]2(OC(C)=O)[C@H]2[C@H](OCc3ccccc3)[C@]3(O)C[C@H](OC(=O)[C@H](OC(=O)CCC(=O)Oc4c(C)c(C)c5c(c4C)OC(C)(CCC[C@@H](C)CCC[C@@H](C)CCCC(C)C)CC5)[C@@H](NCc4ccccc4)c4ccccc4)C(C)=C([C@@H](OC(C)=O)C(=O)[C@]12C)C3(C)C. The molecule has 19 heteroatoms. The highest BCUT2D eigenvalue weighted by Crippen LogP contribution is 2.65. The molecule has 14 atom stereocenters. The molecular formula is C87H120N2O17. The number of hydrogen-bond donors (Lipinski definition) is 2. The van der Waals surface area contributed by atoms with E-state index in [1.54, 1.807) is 52.0 Å². The minimum Gasteiger partial charge on any atom is -0.487 e. The van der Waals surface area contributed by atoms with Crippen molar-refractivity contribution in [2.75, 3.05) is 26.2 Å². The van der Waals surface area contributed by atoms with Gasteiger partial charge in [0, 0.05) is 56.7 Å². The van der Waals surface area contributed by atoms with Gasteiger partial charge < -0.3 is 58.0 Å². The molecule has 19 nitrogen and oxygen atoms in total. The van der Waals surface area contributed by atoms with Crippen molar-refractivity contribution in [2.24, 2.45) is 34.5 Å². The van der Waals surface area contributed by atoms with E-state index in [2.05, 4.69) is 44.8 Å². The molecule has 0 amide bonds. The highest BCUT2D eigenvalue weighted by molar-refractivity contribution is 5.95. The van der Waals surface area contributed by atoms with Gasteiger partial charge in [-0.2, -0.15) is 0 Å². The Balaban J connectivity index is 1.03. The van der Waals surface area contributed by atoms with Gasteiger partial charge in [0.2, 0.25) is 6.10 Å². The number of esters is 6. The molecule has 0 spiro atoms. The smallest absolute Gasteiger partial charge is 0.350 e. The third kappa shape index (κ3) is 18.7. The molecule has 2 aliphatic heterocycles. The molecule has 2 bridgehead atoms. The number of aliphatic hydroxyl groups is 1. The van der Waals surface area contributed by atoms with Gasteiger partial charge in [-0.1, -0.05) is 191 Å². The fourth-order valence-corrected chi connectivity index (χ4v) is 17.6. The van der Waals surface area contributed by atoms with Gasteiger partial charge in [-0.25, -0.2) is 4.79 Å². The lowest BCUT2D eigenvalue weighted by Gasteiger charge is -2.68. The molecule has 1 saturated heterocycles. The fraction of sp³-hybridized carbons (Fsp3) is 0.621. The highest BCUT2D eigenvalue weighted by atomic mass is 16.6. The molecule has 106 heavy (non-hydrogen) atoms. The number of nitrogens with zero attached hydrogens (tertiary/aromatic N) is 1. The number of rotatable bonds is 35. The van der Waals surface area contributed by atoms with Crippen LogP contribution in [0.2, 0.25) is 0 Å². The summed E-state index contributed by atoms with van der Waals surface area (Å²) in [5.41, 5.74) is -2.10. The number of ketones is 1. The van der Waals surface area contributed by atoms with Crippen LogP contribution in [0.3, 0.4) is 0 Å². The van der Waals surface area contributed by atoms with Crippen LogP contribution in [0.25, 0.3) is 0 Å². The van der Waals surface area contributed by atoms with Crippen LogP contribution in [0.5, 0.6) is 11.5 Å². The second-order valence-electron chi connectivity index (χ2n) is 32.5. The number of benzene rings is 4. The number of ether oxygens (including phenoxy) is 9. The van der Waals surface area contributed by atoms with E-state index in [9.17, 15) is 29.1 Å². The van der Waals surface area contributed by atoms with Gasteiger partial charge in [-0.15, -0.1) is 0 Å². The Bertz CT molecular complexity index is 3740. The van der Waals surface area contributed by atoms with E-state index in [1.165, 1.54) is 45.4 Å². The van der Waals surface area contributed by atoms with Crippen LogP contribution in [0.4, 0.5) is 0 Å². The number of carbonyl (C=O) groups is 7. The predicted octanol–water partition coefficient (Wildman–Crippen LogP) is 15.1. The Hall–Kier alpha value is -7.29. The lowest BCUT2D eigenvalue weighted by molar-refractivity contribution is -0.352. The predicted molar refractivity (Wildman–Crippen MR) is 404 cm³/mol. The van der Waals surface area contributed by atoms with Gasteiger partial charge in [-0.3, -0.25) is 28.8 Å². The molecule has 2 saturated carbocycles. The maximum Gasteiger partial charge on any atom is 0.350 e. The van der Waals surface area contributed by atoms with Gasteiger partial charge in [-0.05, 0) is 143 Å². The Morgan fingerprint density at radius 1 is 0.698 bits per heavy atom. The monoisotopic (exact) mass is 1460 g/mol. The molecule has 0 radical (unpaired) electrons. The van der Waals surface area contributed by atoms with E-state index in [4.69, 9.17) is 42.6 Å². The Kier molecular flexibility index (Phi) is 28.0. The van der Waals surface area contributed by atoms with Gasteiger partial charge in [0.1, 0.15) is 41.0 Å². The van der Waals surface area contributed by atoms with E-state index in [0.29, 0.717) is 48.0 Å². The first kappa shape index (κ1) is 82.8. The van der Waals surface area contributed by atoms with Crippen LogP contribution >= 0.6 is 0 Å². The summed E-state index contributed by atoms with van der Waals surface area (Å²) in [6, 6.07) is 26.4. The summed E-state index contributed by atoms with van der Waals surface area (Å²) in [4.78, 5) is 106. The van der Waals surface area contributed by atoms with E-state index >= 15 is 9.59 Å². The molecule has 2 N–H and O–H groups in total. The number of Topliss-reactive ketones (excluding diaryl/α,β-unsaturated/α-hetero) is 1. The first-order valence-corrected chi connectivity index (χ1v) is 39.1. The van der Waals surface area contributed by atoms with Crippen molar-refractivity contribution in [2.45, 2.75) is 286 Å². The average molecular weight is 1470 g/mol. The molecular weight excluding hydrogens is 1340 g/mol. The van der Waals surface area contributed by atoms with Crippen LogP contribution in [0, 0.1) is 55.3 Å². The van der Waals surface area contributed by atoms with Crippen molar-refractivity contribution < 1.29 is 81.3 Å². The van der Waals surface area contributed by atoms with Crippen LogP contribution in [0.15, 0.2) is 102 Å². The van der Waals surface area contributed by atoms with E-state index in [-0.39, 0.29) is 43.7 Å². The Morgan fingerprint density at radius 3 is 1.90 bits per heavy atom. The normalized spacial score (nSPS) is 26.2. The maximum atomic E-state index is 16.7. The number of fused-ring (bicyclic) bond motifs is 6. The number of nitrogens with one attached hydrogen (secondary N) is 1. The van der Waals surface area contributed by atoms with E-state index in [1.807, 2.05) is 101 Å². The van der Waals surface area contributed by atoms with Gasteiger partial charge in [0.25, 0.3) is 0 Å². The van der Waals surface area contributed by atoms with Crippen LogP contribution < -0.4 is 14.8 Å². The van der Waals surface area contributed by atoms with Gasteiger partial charge >= 0.3 is 35.8 Å². The fourth-order valence-electron chi connectivity index (χ4n) is 17.6. The first-order valence-electron chi connectivity index (χ1n) is 39.1. The Morgan fingerprint density at radius 2 is 1.30 bits per heavy atom. The Labute approximate surface area is 629 Å². The highest BCUT2D eigenvalue weighted by Gasteiger charge is 2.78. The summed E-state index contributed by atoms with van der Waals surface area (Å²) in [5.74, 6) is -3.86. The topological polar surface area (TPSA) is 238 Å². The van der Waals surface area contributed by atoms with Gasteiger partial charge in [0.05, 0.1) is 50.0 Å². The van der Waals surface area contributed by atoms with E-state index in [0.717, 1.165) is 78.9 Å². The zero-order valence-electron chi connectivity index (χ0n) is 66.0. The largest absolute Gasteiger partial charge is 0.487 e. The summed E-state index contributed by atoms with van der Waals surface area (Å²) >= 11 is 0. The molecule has 1 unspecified atom stereocenters. The zero-order chi connectivity index (χ0) is 77.1. The van der Waals surface area contributed by atoms with Gasteiger partial charge in [0.15, 0.2) is 17.5 Å². The molecule has 4 aromatic carbocycles. The van der Waals surface area contributed by atoms with Crippen molar-refractivity contribution in [3.05, 3.63) is 141 Å². The third-order valence-electron chi connectivity index (χ3n) is 24.1. The van der Waals surface area contributed by atoms with Crippen molar-refractivity contribution in [3.8, 4) is 11.5 Å². The lowest BCUT2D eigenvalue weighted by Crippen LogP contribution is -2.82. The quantitative estimate of drug-likeness (QED) is 0.0188. The van der Waals surface area contributed by atoms with Crippen LogP contribution in [0.1, 0.15) is 231 Å². The van der Waals surface area contributed by atoms with Crippen LogP contribution in [-0.4, -0.2) is 131 Å². The molecule has 5 aliphatic rings. The van der Waals surface area contributed by atoms with Crippen LogP contribution in [-0.2, 0) is 86.3 Å². The first-order chi connectivity index (χ1) is 50.3. The lowest BCUT2D eigenvalue weighted by atomic mass is 9.44. The molecule has 2 heterocycles. The number of hydrogen-bond acceptors (Lipinski definition) is 19. The van der Waals surface area contributed by atoms with Crippen molar-refractivity contribution in [1.29, 1.82) is 0 Å². The number of carbonyl (C=O) groups excluding carboxylic acids is 7. The molecule has 580 valence electrons. The van der Waals surface area contributed by atoms with E-state index < -0.39 is 137 Å². The zero-order valence-corrected chi connectivity index (χ0v) is 66.0. The maximum absolute atomic E-state index is 16.7. The molecule has 4 aromatic rings. The average Bonchev–Trinajstić information content (AvgIpc) is 0.667. The standard InChI is InChI=1S/C87H120N2O17/c1-17-89(18-2)48-45-72(94)102-68-49-69-86(53-99-69,105-62(12)91)79-81(98-52-64-38-24-20-25-39-64)87(97)50-67(59(9)73(83(87,13)14)77(100-61(11)90)80(95)85(68,79)16)101-82(96)78(74(65-40-26-21-27-41-65)88-51-63-36-22-19-23-37-63)104-71(93)43-42-70(92)103-75-58(8)57(7)66-44-47-84(15,106-76(66)60(75)10)46-30-35-56(6)34-29-33-55(5)32-28-31-54(3)4/h19-27,36-41,54-56,67-69,74,77-79,81,88,97H,17-18,28-35,42-53H2,1-16H3/t55-,56-,67-,68-,69+,74-,77+,78+,79-,81-,84?,85+,86-,87+/m0/s1. The summed E-state index contributed by atoms with van der Waals surface area (Å²) in [6.45, 7) is 31.8. The summed E-state index contributed by atoms with van der Waals surface area (Å²) < 4.78 is 59.1. The summed E-state index contributed by atoms with van der Waals surface area (Å²) in [6.07, 6.45) is 1.84. The minimum atomic E-state index is -2.28. The summed E-state index contributed by atoms with van der Waals surface area (Å²) in [5, 5.41) is 18.1. The third-order valence-corrected chi connectivity index (χ3v) is 24.1. The summed E-state index contributed by atoms with van der Waals surface area (Å²) in [7, 11) is 0. The molecule has 9 rings (SSSR count). The minimum absolute atomic E-state index is 0.0393. The van der Waals surface area contributed by atoms with Crippen molar-refractivity contribution in [1.82, 2.24) is 10.2 Å². The van der Waals surface area contributed by atoms with Crippen molar-refractivity contribution >= 4 is 41.6 Å². The van der Waals surface area contributed by atoms with Crippen molar-refractivity contribution in [3.63, 3.8) is 0 Å². The molecule has 3 aliphatic carbocycles. The molecule has 3 fully saturated rings. The molecule has 0 aromatic heterocycles. The second kappa shape index (κ2) is 35.8.